The van der Waals surface area contributed by atoms with Crippen LogP contribution < -0.4 is 0 Å². The van der Waals surface area contributed by atoms with Crippen molar-refractivity contribution < 1.29 is 9.59 Å². The van der Waals surface area contributed by atoms with Gasteiger partial charge in [0, 0.05) is 11.1 Å². The van der Waals surface area contributed by atoms with Gasteiger partial charge < -0.3 is 9.59 Å². The molecule has 0 amide bonds. The van der Waals surface area contributed by atoms with Crippen LogP contribution in [-0.4, -0.2) is 23.7 Å². The second-order valence-electron chi connectivity index (χ2n) is 7.25. The third-order valence-corrected chi connectivity index (χ3v) is 4.52. The van der Waals surface area contributed by atoms with Crippen LogP contribution in [0.15, 0.2) is 84.9 Å². The normalized spacial score (nSPS) is 12.8. The summed E-state index contributed by atoms with van der Waals surface area (Å²) in [6.07, 6.45) is -0.589. The molecule has 1 unspecified atom stereocenters. The van der Waals surface area contributed by atoms with Crippen molar-refractivity contribution >= 4 is 0 Å². The van der Waals surface area contributed by atoms with E-state index in [0.29, 0.717) is 0 Å². The van der Waals surface area contributed by atoms with Gasteiger partial charge in [0.05, 0.1) is 14.1 Å². The topological polar surface area (TPSA) is 20.2 Å². The first-order valence-electron chi connectivity index (χ1n) is 8.72. The molecule has 3 rings (SSSR count). The Morgan fingerprint density at radius 1 is 0.720 bits per heavy atom. The van der Waals surface area contributed by atoms with Crippen LogP contribution >= 0.6 is 0 Å². The van der Waals surface area contributed by atoms with Crippen LogP contribution in [0.5, 0.6) is 0 Å². The lowest BCUT2D eigenvalue weighted by Crippen LogP contribution is -2.38. The van der Waals surface area contributed by atoms with E-state index in [1.54, 1.807) is 0 Å². The van der Waals surface area contributed by atoms with Gasteiger partial charge in [-0.3, -0.25) is 0 Å². The third kappa shape index (κ3) is 4.56. The van der Waals surface area contributed by atoms with Gasteiger partial charge in [0.1, 0.15) is 19.2 Å². The van der Waals surface area contributed by atoms with Crippen molar-refractivity contribution in [3.63, 3.8) is 0 Å². The van der Waals surface area contributed by atoms with Crippen molar-refractivity contribution in [1.82, 2.24) is 0 Å². The van der Waals surface area contributed by atoms with E-state index >= 15 is 0 Å². The average molecular weight is 332 g/mol. The van der Waals surface area contributed by atoms with Crippen molar-refractivity contribution in [2.75, 3.05) is 14.1 Å². The summed E-state index contributed by atoms with van der Waals surface area (Å²) >= 11 is 0. The van der Waals surface area contributed by atoms with Gasteiger partial charge in [0.25, 0.3) is 0 Å². The molecule has 0 aromatic heterocycles. The minimum Gasteiger partial charge on any atom is -0.384 e. The van der Waals surface area contributed by atoms with Crippen molar-refractivity contribution in [1.29, 1.82) is 0 Å². The molecule has 1 N–H and O–H groups in total. The van der Waals surface area contributed by atoms with Crippen LogP contribution in [0.2, 0.25) is 0 Å². The van der Waals surface area contributed by atoms with Crippen LogP contribution in [-0.2, 0) is 13.1 Å². The average Bonchev–Trinajstić information content (AvgIpc) is 2.62. The van der Waals surface area contributed by atoms with Crippen LogP contribution in [0.25, 0.3) is 0 Å². The largest absolute Gasteiger partial charge is 0.384 e. The number of quaternary nitrogens is 1. The Morgan fingerprint density at radius 3 is 1.96 bits per heavy atom. The Hall–Kier alpha value is -2.42. The first kappa shape index (κ1) is 17.4. The van der Waals surface area contributed by atoms with Crippen LogP contribution in [0.4, 0.5) is 0 Å². The number of aliphatic hydroxyl groups excluding tert-OH is 1. The molecule has 0 heterocycles. The van der Waals surface area contributed by atoms with E-state index in [-0.39, 0.29) is 0 Å². The number of nitrogens with zero attached hydrogens (tertiary/aromatic N) is 1. The molecule has 3 aromatic carbocycles. The van der Waals surface area contributed by atoms with E-state index in [1.807, 2.05) is 42.5 Å². The highest BCUT2D eigenvalue weighted by Gasteiger charge is 2.21. The highest BCUT2D eigenvalue weighted by atomic mass is 16.3. The maximum absolute atomic E-state index is 10.9. The number of rotatable bonds is 6. The molecule has 2 heteroatoms. The van der Waals surface area contributed by atoms with Gasteiger partial charge in [-0.05, 0) is 11.1 Å². The fourth-order valence-corrected chi connectivity index (χ4v) is 3.35. The molecule has 3 aromatic rings. The summed E-state index contributed by atoms with van der Waals surface area (Å²) in [5, 5.41) is 10.9. The number of hydrogen-bond donors (Lipinski definition) is 1. The molecule has 128 valence electrons. The van der Waals surface area contributed by atoms with Gasteiger partial charge in [0.2, 0.25) is 0 Å². The molecule has 0 saturated heterocycles. The first-order valence-corrected chi connectivity index (χ1v) is 8.72. The van der Waals surface area contributed by atoms with Gasteiger partial charge in [-0.25, -0.2) is 0 Å². The summed E-state index contributed by atoms with van der Waals surface area (Å²) in [6, 6.07) is 28.7. The standard InChI is InChI=1S/C23H26NO/c1-24(2,17-19-11-5-3-6-12-19)18-21-15-9-10-16-22(21)23(25)20-13-7-4-8-14-20/h3-16,23,25H,17-18H2,1-2H3/q+1. The van der Waals surface area contributed by atoms with Gasteiger partial charge in [-0.2, -0.15) is 0 Å². The smallest absolute Gasteiger partial charge is 0.105 e. The Balaban J connectivity index is 1.83. The Morgan fingerprint density at radius 2 is 1.28 bits per heavy atom. The van der Waals surface area contributed by atoms with Crippen LogP contribution in [0, 0.1) is 0 Å². The highest BCUT2D eigenvalue weighted by Crippen LogP contribution is 2.27. The Bertz CT molecular complexity index is 797. The summed E-state index contributed by atoms with van der Waals surface area (Å²) in [5.41, 5.74) is 4.45. The second-order valence-corrected chi connectivity index (χ2v) is 7.25. The van der Waals surface area contributed by atoms with Crippen molar-refractivity contribution in [3.05, 3.63) is 107 Å². The first-order chi connectivity index (χ1) is 12.1. The lowest BCUT2D eigenvalue weighted by atomic mass is 9.96. The minimum absolute atomic E-state index is 0.589. The van der Waals surface area contributed by atoms with Crippen LogP contribution in [0.1, 0.15) is 28.4 Å². The fourth-order valence-electron chi connectivity index (χ4n) is 3.35. The molecule has 0 aliphatic heterocycles. The molecule has 2 nitrogen and oxygen atoms in total. The molecule has 0 fully saturated rings. The quantitative estimate of drug-likeness (QED) is 0.657. The SMILES string of the molecule is C[N+](C)(Cc1ccccc1)Cc1ccccc1C(O)c1ccccc1. The van der Waals surface area contributed by atoms with Crippen molar-refractivity contribution in [2.45, 2.75) is 19.2 Å². The third-order valence-electron chi connectivity index (χ3n) is 4.52. The summed E-state index contributed by atoms with van der Waals surface area (Å²) < 4.78 is 0.836. The molecule has 0 aliphatic rings. The zero-order valence-electron chi connectivity index (χ0n) is 15.0. The lowest BCUT2D eigenvalue weighted by Gasteiger charge is -2.31. The second kappa shape index (κ2) is 7.64. The summed E-state index contributed by atoms with van der Waals surface area (Å²) in [6.45, 7) is 1.82. The molecule has 1 atom stereocenters. The molecule has 25 heavy (non-hydrogen) atoms. The minimum atomic E-state index is -0.589. The molecule has 0 spiro atoms. The Kier molecular flexibility index (Phi) is 5.32. The van der Waals surface area contributed by atoms with E-state index in [9.17, 15) is 5.11 Å². The number of benzene rings is 3. The summed E-state index contributed by atoms with van der Waals surface area (Å²) in [7, 11) is 4.47. The van der Waals surface area contributed by atoms with E-state index < -0.39 is 6.10 Å². The molecule has 0 bridgehead atoms. The van der Waals surface area contributed by atoms with E-state index in [0.717, 1.165) is 28.7 Å². The fraction of sp³-hybridized carbons (Fsp3) is 0.217. The maximum atomic E-state index is 10.9. The summed E-state index contributed by atoms with van der Waals surface area (Å²) in [4.78, 5) is 0. The lowest BCUT2D eigenvalue weighted by molar-refractivity contribution is -0.916. The van der Waals surface area contributed by atoms with E-state index in [2.05, 4.69) is 56.6 Å². The molecular formula is C23H26NO+. The van der Waals surface area contributed by atoms with Gasteiger partial charge in [-0.15, -0.1) is 0 Å². The highest BCUT2D eigenvalue weighted by molar-refractivity contribution is 5.35. The van der Waals surface area contributed by atoms with E-state index in [1.165, 1.54) is 11.1 Å². The van der Waals surface area contributed by atoms with Crippen molar-refractivity contribution in [2.24, 2.45) is 0 Å². The number of aliphatic hydroxyl groups is 1. The monoisotopic (exact) mass is 332 g/mol. The molecular weight excluding hydrogens is 306 g/mol. The summed E-state index contributed by atoms with van der Waals surface area (Å²) in [5.74, 6) is 0. The van der Waals surface area contributed by atoms with Crippen molar-refractivity contribution in [3.8, 4) is 0 Å². The predicted molar refractivity (Wildman–Crippen MR) is 103 cm³/mol. The van der Waals surface area contributed by atoms with Gasteiger partial charge in [0.15, 0.2) is 0 Å². The zero-order valence-corrected chi connectivity index (χ0v) is 15.0. The van der Waals surface area contributed by atoms with E-state index in [4.69, 9.17) is 0 Å². The zero-order chi connectivity index (χ0) is 17.7. The molecule has 0 saturated carbocycles. The Labute approximate surface area is 150 Å². The van der Waals surface area contributed by atoms with Gasteiger partial charge >= 0.3 is 0 Å². The molecule has 0 aliphatic carbocycles. The van der Waals surface area contributed by atoms with Gasteiger partial charge in [-0.1, -0.05) is 84.9 Å². The maximum Gasteiger partial charge on any atom is 0.105 e. The van der Waals surface area contributed by atoms with Crippen LogP contribution in [0.3, 0.4) is 0 Å². The molecule has 0 radical (unpaired) electrons. The predicted octanol–water partition coefficient (Wildman–Crippen LogP) is 4.54. The number of hydrogen-bond acceptors (Lipinski definition) is 1.